The number of rotatable bonds is 4. The highest BCUT2D eigenvalue weighted by Crippen LogP contribution is 2.34. The van der Waals surface area contributed by atoms with Gasteiger partial charge in [0, 0.05) is 17.6 Å². The Bertz CT molecular complexity index is 1220. The van der Waals surface area contributed by atoms with Gasteiger partial charge >= 0.3 is 0 Å². The number of thiocarbonyl (C=S) groups is 1. The fourth-order valence-electron chi connectivity index (χ4n) is 2.94. The Kier molecular flexibility index (Phi) is 5.58. The molecule has 0 unspecified atom stereocenters. The molecule has 1 aliphatic rings. The molecular formula is C21H17N3O2S3. The van der Waals surface area contributed by atoms with Gasteiger partial charge in [-0.3, -0.25) is 18.9 Å². The lowest BCUT2D eigenvalue weighted by Crippen LogP contribution is -2.27. The lowest BCUT2D eigenvalue weighted by atomic mass is 10.2. The van der Waals surface area contributed by atoms with E-state index in [0.717, 1.165) is 10.5 Å². The lowest BCUT2D eigenvalue weighted by Gasteiger charge is -2.10. The minimum Gasteiger partial charge on any atom is -0.293 e. The number of pyridine rings is 1. The Morgan fingerprint density at radius 1 is 1.17 bits per heavy atom. The van der Waals surface area contributed by atoms with Gasteiger partial charge in [-0.15, -0.1) is 0 Å². The molecule has 0 radical (unpaired) electrons. The number of likely N-dealkylation sites (N-methyl/N-ethyl adjacent to an activating group) is 1. The van der Waals surface area contributed by atoms with Crippen LogP contribution in [0, 0.1) is 6.92 Å². The minimum atomic E-state index is -0.209. The van der Waals surface area contributed by atoms with E-state index in [0.29, 0.717) is 32.0 Å². The summed E-state index contributed by atoms with van der Waals surface area (Å²) in [6.07, 6.45) is 3.39. The molecule has 146 valence electrons. The van der Waals surface area contributed by atoms with Crippen molar-refractivity contribution in [2.75, 3.05) is 6.54 Å². The van der Waals surface area contributed by atoms with Crippen LogP contribution in [-0.4, -0.2) is 31.1 Å². The second kappa shape index (κ2) is 8.14. The summed E-state index contributed by atoms with van der Waals surface area (Å²) in [5, 5.41) is 0.562. The first-order chi connectivity index (χ1) is 14.0. The van der Waals surface area contributed by atoms with E-state index in [1.807, 2.05) is 56.3 Å². The first-order valence-corrected chi connectivity index (χ1v) is 11.0. The molecule has 5 nitrogen and oxygen atoms in total. The van der Waals surface area contributed by atoms with Crippen LogP contribution in [0.5, 0.6) is 0 Å². The Morgan fingerprint density at radius 2 is 1.93 bits per heavy atom. The van der Waals surface area contributed by atoms with Gasteiger partial charge in [0.2, 0.25) is 0 Å². The van der Waals surface area contributed by atoms with Crippen molar-refractivity contribution in [1.82, 2.24) is 14.3 Å². The van der Waals surface area contributed by atoms with Crippen LogP contribution in [0.3, 0.4) is 0 Å². The number of aromatic nitrogens is 2. The van der Waals surface area contributed by atoms with Crippen LogP contribution in [0.1, 0.15) is 18.1 Å². The molecule has 29 heavy (non-hydrogen) atoms. The van der Waals surface area contributed by atoms with E-state index in [9.17, 15) is 9.59 Å². The van der Waals surface area contributed by atoms with Gasteiger partial charge in [-0.1, -0.05) is 60.0 Å². The molecule has 1 saturated heterocycles. The number of benzene rings is 1. The number of fused-ring (bicyclic) bond motifs is 1. The average Bonchev–Trinajstić information content (AvgIpc) is 2.98. The Balaban J connectivity index is 1.91. The summed E-state index contributed by atoms with van der Waals surface area (Å²) in [4.78, 5) is 33.6. The molecule has 0 atom stereocenters. The number of hydrogen-bond acceptors (Lipinski definition) is 6. The van der Waals surface area contributed by atoms with Crippen LogP contribution in [0.2, 0.25) is 0 Å². The van der Waals surface area contributed by atoms with Gasteiger partial charge in [0.25, 0.3) is 11.5 Å². The third-order valence-corrected chi connectivity index (χ3v) is 6.78. The summed E-state index contributed by atoms with van der Waals surface area (Å²) in [5.74, 6) is -0.174. The van der Waals surface area contributed by atoms with Crippen LogP contribution in [0.15, 0.2) is 68.3 Å². The lowest BCUT2D eigenvalue weighted by molar-refractivity contribution is -0.121. The summed E-state index contributed by atoms with van der Waals surface area (Å²) in [6.45, 7) is 4.30. The highest BCUT2D eigenvalue weighted by Gasteiger charge is 2.31. The third kappa shape index (κ3) is 3.88. The molecule has 2 aromatic heterocycles. The zero-order chi connectivity index (χ0) is 20.5. The molecule has 3 aromatic rings. The van der Waals surface area contributed by atoms with E-state index in [1.165, 1.54) is 32.8 Å². The SMILES string of the molecule is CCN1C(=O)/C(=C/c2c(Sc3ccccc3)nc3ccc(C)cn3c2=O)SC1=S. The van der Waals surface area contributed by atoms with Gasteiger partial charge in [0.15, 0.2) is 0 Å². The first-order valence-electron chi connectivity index (χ1n) is 8.99. The second-order valence-corrected chi connectivity index (χ2v) is 9.15. The van der Waals surface area contributed by atoms with Crippen molar-refractivity contribution < 1.29 is 4.79 Å². The maximum Gasteiger partial charge on any atom is 0.266 e. The van der Waals surface area contributed by atoms with Gasteiger partial charge in [-0.2, -0.15) is 0 Å². The van der Waals surface area contributed by atoms with Crippen molar-refractivity contribution in [3.05, 3.63) is 75.0 Å². The van der Waals surface area contributed by atoms with Crippen molar-refractivity contribution in [2.45, 2.75) is 23.8 Å². The highest BCUT2D eigenvalue weighted by atomic mass is 32.2. The predicted molar refractivity (Wildman–Crippen MR) is 122 cm³/mol. The normalized spacial score (nSPS) is 15.7. The molecule has 1 fully saturated rings. The fraction of sp³-hybridized carbons (Fsp3) is 0.143. The monoisotopic (exact) mass is 439 g/mol. The van der Waals surface area contributed by atoms with Gasteiger partial charge < -0.3 is 0 Å². The average molecular weight is 440 g/mol. The molecule has 8 heteroatoms. The number of amides is 1. The number of aryl methyl sites for hydroxylation is 1. The molecule has 0 bridgehead atoms. The highest BCUT2D eigenvalue weighted by molar-refractivity contribution is 8.26. The zero-order valence-electron chi connectivity index (χ0n) is 15.8. The first kappa shape index (κ1) is 19.9. The molecule has 0 spiro atoms. The Hall–Kier alpha value is -2.42. The van der Waals surface area contributed by atoms with E-state index < -0.39 is 0 Å². The maximum absolute atomic E-state index is 13.3. The van der Waals surface area contributed by atoms with E-state index >= 15 is 0 Å². The number of hydrogen-bond donors (Lipinski definition) is 0. The fourth-order valence-corrected chi connectivity index (χ4v) is 5.22. The molecule has 0 aliphatic carbocycles. The predicted octanol–water partition coefficient (Wildman–Crippen LogP) is 4.38. The van der Waals surface area contributed by atoms with Crippen molar-refractivity contribution in [3.8, 4) is 0 Å². The minimum absolute atomic E-state index is 0.174. The van der Waals surface area contributed by atoms with Crippen molar-refractivity contribution in [3.63, 3.8) is 0 Å². The Morgan fingerprint density at radius 3 is 2.62 bits per heavy atom. The molecule has 1 aromatic carbocycles. The molecule has 0 N–H and O–H groups in total. The van der Waals surface area contributed by atoms with Crippen molar-refractivity contribution >= 4 is 57.7 Å². The topological polar surface area (TPSA) is 54.7 Å². The summed E-state index contributed by atoms with van der Waals surface area (Å²) >= 11 is 7.92. The number of nitrogens with zero attached hydrogens (tertiary/aromatic N) is 3. The quantitative estimate of drug-likeness (QED) is 0.342. The summed E-state index contributed by atoms with van der Waals surface area (Å²) < 4.78 is 2.03. The van der Waals surface area contributed by atoms with Crippen LogP contribution >= 0.6 is 35.7 Å². The van der Waals surface area contributed by atoms with Crippen molar-refractivity contribution in [2.24, 2.45) is 0 Å². The zero-order valence-corrected chi connectivity index (χ0v) is 18.2. The largest absolute Gasteiger partial charge is 0.293 e. The van der Waals surface area contributed by atoms with Crippen LogP contribution in [0.4, 0.5) is 0 Å². The van der Waals surface area contributed by atoms with E-state index in [2.05, 4.69) is 0 Å². The molecular weight excluding hydrogens is 422 g/mol. The molecule has 3 heterocycles. The summed E-state index contributed by atoms with van der Waals surface area (Å²) in [5.41, 5.74) is 1.70. The number of thioether (sulfide) groups is 1. The van der Waals surface area contributed by atoms with Crippen LogP contribution in [-0.2, 0) is 4.79 Å². The standard InChI is InChI=1S/C21H17N3O2S3/c1-3-23-20(26)16(29-21(23)27)11-15-18(28-14-7-5-4-6-8-14)22-17-10-9-13(2)12-24(17)19(15)25/h4-12H,3H2,1-2H3/b16-11-. The molecule has 4 rings (SSSR count). The van der Waals surface area contributed by atoms with E-state index in [1.54, 1.807) is 12.3 Å². The summed E-state index contributed by atoms with van der Waals surface area (Å²) in [6, 6.07) is 13.5. The van der Waals surface area contributed by atoms with Gasteiger partial charge in [-0.05, 0) is 43.7 Å². The molecule has 0 saturated carbocycles. The third-order valence-electron chi connectivity index (χ3n) is 4.39. The van der Waals surface area contributed by atoms with Gasteiger partial charge in [0.05, 0.1) is 10.5 Å². The number of carbonyl (C=O) groups excluding carboxylic acids is 1. The van der Waals surface area contributed by atoms with Gasteiger partial charge in [-0.25, -0.2) is 4.98 Å². The van der Waals surface area contributed by atoms with Gasteiger partial charge in [0.1, 0.15) is 15.0 Å². The number of carbonyl (C=O) groups is 1. The van der Waals surface area contributed by atoms with E-state index in [-0.39, 0.29) is 11.5 Å². The van der Waals surface area contributed by atoms with Crippen LogP contribution < -0.4 is 5.56 Å². The Labute approximate surface area is 181 Å². The summed E-state index contributed by atoms with van der Waals surface area (Å²) in [7, 11) is 0. The molecule has 1 amide bonds. The van der Waals surface area contributed by atoms with Crippen molar-refractivity contribution in [1.29, 1.82) is 0 Å². The van der Waals surface area contributed by atoms with E-state index in [4.69, 9.17) is 17.2 Å². The maximum atomic E-state index is 13.3. The molecule has 1 aliphatic heterocycles. The second-order valence-electron chi connectivity index (χ2n) is 6.41. The van der Waals surface area contributed by atoms with Crippen LogP contribution in [0.25, 0.3) is 11.7 Å². The smallest absolute Gasteiger partial charge is 0.266 e.